The summed E-state index contributed by atoms with van der Waals surface area (Å²) in [6.07, 6.45) is 3.96. The number of aromatic nitrogens is 2. The molecule has 0 aliphatic rings. The van der Waals surface area contributed by atoms with E-state index in [2.05, 4.69) is 20.9 Å². The van der Waals surface area contributed by atoms with Gasteiger partial charge in [-0.15, -0.1) is 11.3 Å². The fraction of sp³-hybridized carbons (Fsp3) is 0.214. The number of benzene rings is 1. The smallest absolute Gasteiger partial charge is 0.193 e. The summed E-state index contributed by atoms with van der Waals surface area (Å²) in [4.78, 5) is 5.46. The third-order valence-corrected chi connectivity index (χ3v) is 4.22. The van der Waals surface area contributed by atoms with Gasteiger partial charge in [0.1, 0.15) is 0 Å². The fourth-order valence-electron chi connectivity index (χ4n) is 2.15. The van der Waals surface area contributed by atoms with Crippen molar-refractivity contribution in [3.63, 3.8) is 0 Å². The Labute approximate surface area is 123 Å². The van der Waals surface area contributed by atoms with Gasteiger partial charge in [-0.05, 0) is 30.2 Å². The molecule has 0 aliphatic carbocycles. The van der Waals surface area contributed by atoms with E-state index in [1.807, 2.05) is 47.3 Å². The molecule has 0 amide bonds. The van der Waals surface area contributed by atoms with E-state index in [1.54, 1.807) is 11.3 Å². The predicted octanol–water partition coefficient (Wildman–Crippen LogP) is 3.74. The Balaban J connectivity index is 1.84. The van der Waals surface area contributed by atoms with Gasteiger partial charge in [0.05, 0.1) is 11.8 Å². The molecule has 0 bridgehead atoms. The molecule has 1 unspecified atom stereocenters. The van der Waals surface area contributed by atoms with Crippen LogP contribution < -0.4 is 0 Å². The number of aryl methyl sites for hydroxylation is 1. The van der Waals surface area contributed by atoms with Crippen molar-refractivity contribution in [2.24, 2.45) is 0 Å². The number of hydrogen-bond donors (Lipinski definition) is 1. The molecule has 0 saturated carbocycles. The minimum Gasteiger partial charge on any atom is -0.388 e. The van der Waals surface area contributed by atoms with E-state index in [1.165, 1.54) is 0 Å². The molecule has 0 saturated heterocycles. The van der Waals surface area contributed by atoms with Gasteiger partial charge in [-0.3, -0.25) is 4.40 Å². The van der Waals surface area contributed by atoms with Crippen molar-refractivity contribution >= 4 is 32.2 Å². The quantitative estimate of drug-likeness (QED) is 0.791. The Kier molecular flexibility index (Phi) is 3.43. The molecule has 0 radical (unpaired) electrons. The monoisotopic (exact) mass is 336 g/mol. The largest absolute Gasteiger partial charge is 0.388 e. The van der Waals surface area contributed by atoms with Crippen LogP contribution in [0.5, 0.6) is 0 Å². The second-order valence-corrected chi connectivity index (χ2v) is 6.40. The molecule has 3 aromatic rings. The van der Waals surface area contributed by atoms with Crippen LogP contribution in [0.3, 0.4) is 0 Å². The second-order valence-electron chi connectivity index (χ2n) is 4.61. The van der Waals surface area contributed by atoms with E-state index in [0.717, 1.165) is 26.3 Å². The third-order valence-electron chi connectivity index (χ3n) is 2.99. The highest BCUT2D eigenvalue weighted by Crippen LogP contribution is 2.24. The third kappa shape index (κ3) is 2.73. The van der Waals surface area contributed by atoms with Crippen molar-refractivity contribution in [3.05, 3.63) is 57.3 Å². The average Bonchev–Trinajstić information content (AvgIpc) is 2.88. The molecule has 3 rings (SSSR count). The molecular formula is C14H13BrN2OS. The minimum absolute atomic E-state index is 0.527. The summed E-state index contributed by atoms with van der Waals surface area (Å²) in [7, 11) is 0. The van der Waals surface area contributed by atoms with Crippen molar-refractivity contribution < 1.29 is 5.11 Å². The summed E-state index contributed by atoms with van der Waals surface area (Å²) in [5, 5.41) is 12.3. The Morgan fingerprint density at radius 1 is 1.42 bits per heavy atom. The highest BCUT2D eigenvalue weighted by atomic mass is 79.9. The Bertz CT molecular complexity index is 670. The highest BCUT2D eigenvalue weighted by molar-refractivity contribution is 9.10. The van der Waals surface area contributed by atoms with Crippen LogP contribution in [0.2, 0.25) is 0 Å². The van der Waals surface area contributed by atoms with E-state index in [-0.39, 0.29) is 0 Å². The molecule has 98 valence electrons. The van der Waals surface area contributed by atoms with E-state index < -0.39 is 6.10 Å². The number of rotatable bonds is 3. The number of aliphatic hydroxyl groups excluding tert-OH is 1. The van der Waals surface area contributed by atoms with Gasteiger partial charge in [0.2, 0.25) is 0 Å². The van der Waals surface area contributed by atoms with Gasteiger partial charge < -0.3 is 5.11 Å². The van der Waals surface area contributed by atoms with Crippen LogP contribution in [0.1, 0.15) is 22.9 Å². The molecule has 0 spiro atoms. The number of hydrogen-bond acceptors (Lipinski definition) is 3. The standard InChI is InChI=1S/C14H13BrN2OS/c1-9-4-10(6-11(15)5-9)13(18)7-12-8-17-2-3-19-14(17)16-12/h2-6,8,13,18H,7H2,1H3. The highest BCUT2D eigenvalue weighted by Gasteiger charge is 2.12. The molecular weight excluding hydrogens is 324 g/mol. The summed E-state index contributed by atoms with van der Waals surface area (Å²) in [6.45, 7) is 2.02. The molecule has 2 heterocycles. The van der Waals surface area contributed by atoms with Gasteiger partial charge in [0.25, 0.3) is 0 Å². The summed E-state index contributed by atoms with van der Waals surface area (Å²) >= 11 is 5.06. The molecule has 2 aromatic heterocycles. The molecule has 19 heavy (non-hydrogen) atoms. The first-order valence-electron chi connectivity index (χ1n) is 5.98. The van der Waals surface area contributed by atoms with E-state index in [0.29, 0.717) is 6.42 Å². The van der Waals surface area contributed by atoms with Crippen molar-refractivity contribution in [1.82, 2.24) is 9.38 Å². The second kappa shape index (κ2) is 5.07. The number of thiazole rings is 1. The van der Waals surface area contributed by atoms with Crippen molar-refractivity contribution in [2.45, 2.75) is 19.4 Å². The summed E-state index contributed by atoms with van der Waals surface area (Å²) < 4.78 is 2.98. The average molecular weight is 337 g/mol. The van der Waals surface area contributed by atoms with Gasteiger partial charge in [-0.25, -0.2) is 4.98 Å². The van der Waals surface area contributed by atoms with Crippen LogP contribution in [0.15, 0.2) is 40.4 Å². The molecule has 3 nitrogen and oxygen atoms in total. The first-order chi connectivity index (χ1) is 9.11. The summed E-state index contributed by atoms with van der Waals surface area (Å²) in [5.74, 6) is 0. The van der Waals surface area contributed by atoms with Gasteiger partial charge in [-0.2, -0.15) is 0 Å². The van der Waals surface area contributed by atoms with E-state index in [9.17, 15) is 5.11 Å². The van der Waals surface area contributed by atoms with Crippen molar-refractivity contribution in [2.75, 3.05) is 0 Å². The van der Waals surface area contributed by atoms with Gasteiger partial charge in [0, 0.05) is 28.7 Å². The lowest BCUT2D eigenvalue weighted by atomic mass is 10.0. The predicted molar refractivity (Wildman–Crippen MR) is 80.6 cm³/mol. The molecule has 0 aliphatic heterocycles. The summed E-state index contributed by atoms with van der Waals surface area (Å²) in [6, 6.07) is 5.99. The number of halogens is 1. The minimum atomic E-state index is -0.527. The topological polar surface area (TPSA) is 37.5 Å². The lowest BCUT2D eigenvalue weighted by molar-refractivity contribution is 0.177. The van der Waals surface area contributed by atoms with Crippen LogP contribution in [0.25, 0.3) is 4.96 Å². The normalized spacial score (nSPS) is 13.0. The zero-order valence-electron chi connectivity index (χ0n) is 10.4. The lowest BCUT2D eigenvalue weighted by Gasteiger charge is -2.11. The van der Waals surface area contributed by atoms with Gasteiger partial charge >= 0.3 is 0 Å². The maximum Gasteiger partial charge on any atom is 0.193 e. The first-order valence-corrected chi connectivity index (χ1v) is 7.65. The number of nitrogens with zero attached hydrogens (tertiary/aromatic N) is 2. The first kappa shape index (κ1) is 12.8. The molecule has 5 heteroatoms. The van der Waals surface area contributed by atoms with Gasteiger partial charge in [0.15, 0.2) is 4.96 Å². The van der Waals surface area contributed by atoms with Crippen molar-refractivity contribution in [1.29, 1.82) is 0 Å². The summed E-state index contributed by atoms with van der Waals surface area (Å²) in [5.41, 5.74) is 2.97. The Hall–Kier alpha value is -1.17. The Morgan fingerprint density at radius 3 is 3.00 bits per heavy atom. The zero-order valence-corrected chi connectivity index (χ0v) is 12.8. The van der Waals surface area contributed by atoms with Crippen LogP contribution in [-0.4, -0.2) is 14.5 Å². The maximum atomic E-state index is 10.3. The zero-order chi connectivity index (χ0) is 13.4. The SMILES string of the molecule is Cc1cc(Br)cc(C(O)Cc2cn3ccsc3n2)c1. The number of aliphatic hydroxyl groups is 1. The Morgan fingerprint density at radius 2 is 2.26 bits per heavy atom. The molecule has 1 aromatic carbocycles. The van der Waals surface area contributed by atoms with E-state index in [4.69, 9.17) is 0 Å². The van der Waals surface area contributed by atoms with Crippen molar-refractivity contribution in [3.8, 4) is 0 Å². The van der Waals surface area contributed by atoms with Crippen LogP contribution >= 0.6 is 27.3 Å². The van der Waals surface area contributed by atoms with E-state index >= 15 is 0 Å². The number of imidazole rings is 1. The number of fused-ring (bicyclic) bond motifs is 1. The van der Waals surface area contributed by atoms with Crippen LogP contribution in [-0.2, 0) is 6.42 Å². The lowest BCUT2D eigenvalue weighted by Crippen LogP contribution is -2.02. The van der Waals surface area contributed by atoms with Gasteiger partial charge in [-0.1, -0.05) is 22.0 Å². The molecule has 0 fully saturated rings. The molecule has 1 atom stereocenters. The molecule has 1 N–H and O–H groups in total. The van der Waals surface area contributed by atoms with Crippen LogP contribution in [0.4, 0.5) is 0 Å². The van der Waals surface area contributed by atoms with Crippen LogP contribution in [0, 0.1) is 6.92 Å². The maximum absolute atomic E-state index is 10.3. The fourth-order valence-corrected chi connectivity index (χ4v) is 3.49.